The van der Waals surface area contributed by atoms with Crippen molar-refractivity contribution in [1.82, 2.24) is 14.6 Å². The standard InChI is InChI=1S/C16H18N4S/c1-10-2-7-13-14(8-10)21-16-19-18-15(20(13)16)12-5-3-11(9-17)4-6-12/h3-6,10H,2,7-9,17H2,1H3. The fourth-order valence-electron chi connectivity index (χ4n) is 3.06. The lowest BCUT2D eigenvalue weighted by molar-refractivity contribution is 0.499. The Morgan fingerprint density at radius 3 is 2.86 bits per heavy atom. The van der Waals surface area contributed by atoms with Gasteiger partial charge >= 0.3 is 0 Å². The molecule has 1 aliphatic carbocycles. The van der Waals surface area contributed by atoms with E-state index in [0.29, 0.717) is 6.54 Å². The summed E-state index contributed by atoms with van der Waals surface area (Å²) in [5.74, 6) is 1.74. The van der Waals surface area contributed by atoms with Crippen molar-refractivity contribution in [2.24, 2.45) is 11.7 Å². The molecule has 4 rings (SSSR count). The van der Waals surface area contributed by atoms with Gasteiger partial charge in [0.15, 0.2) is 5.82 Å². The zero-order valence-electron chi connectivity index (χ0n) is 12.0. The van der Waals surface area contributed by atoms with E-state index in [4.69, 9.17) is 5.73 Å². The Bertz CT molecular complexity index is 785. The molecule has 0 spiro atoms. The van der Waals surface area contributed by atoms with Crippen molar-refractivity contribution in [3.8, 4) is 11.4 Å². The molecule has 0 amide bonds. The SMILES string of the molecule is CC1CCc2c(sc3nnc(-c4ccc(CN)cc4)n23)C1. The third kappa shape index (κ3) is 2.08. The third-order valence-corrected chi connectivity index (χ3v) is 5.39. The van der Waals surface area contributed by atoms with Gasteiger partial charge in [-0.1, -0.05) is 42.5 Å². The van der Waals surface area contributed by atoms with Crippen molar-refractivity contribution in [1.29, 1.82) is 0 Å². The minimum Gasteiger partial charge on any atom is -0.326 e. The van der Waals surface area contributed by atoms with Crippen LogP contribution in [-0.4, -0.2) is 14.6 Å². The average Bonchev–Trinajstić information content (AvgIpc) is 3.05. The monoisotopic (exact) mass is 298 g/mol. The Labute approximate surface area is 127 Å². The average molecular weight is 298 g/mol. The number of hydrogen-bond acceptors (Lipinski definition) is 4. The fourth-order valence-corrected chi connectivity index (χ4v) is 4.33. The molecule has 1 aromatic carbocycles. The van der Waals surface area contributed by atoms with Crippen molar-refractivity contribution in [2.75, 3.05) is 0 Å². The number of aryl methyl sites for hydroxylation is 1. The van der Waals surface area contributed by atoms with Crippen LogP contribution in [0.5, 0.6) is 0 Å². The summed E-state index contributed by atoms with van der Waals surface area (Å²) in [5, 5.41) is 8.77. The first-order valence-corrected chi connectivity index (χ1v) is 8.23. The molecule has 0 bridgehead atoms. The number of fused-ring (bicyclic) bond motifs is 3. The van der Waals surface area contributed by atoms with Gasteiger partial charge in [-0.25, -0.2) is 0 Å². The van der Waals surface area contributed by atoms with Crippen LogP contribution in [0.4, 0.5) is 0 Å². The highest BCUT2D eigenvalue weighted by Gasteiger charge is 2.23. The van der Waals surface area contributed by atoms with Crippen LogP contribution in [0, 0.1) is 5.92 Å². The summed E-state index contributed by atoms with van der Waals surface area (Å²) in [4.78, 5) is 2.51. The van der Waals surface area contributed by atoms with Gasteiger partial charge in [-0.2, -0.15) is 0 Å². The highest BCUT2D eigenvalue weighted by atomic mass is 32.1. The van der Waals surface area contributed by atoms with Crippen molar-refractivity contribution < 1.29 is 0 Å². The molecule has 0 aliphatic heterocycles. The first-order valence-electron chi connectivity index (χ1n) is 7.41. The Hall–Kier alpha value is -1.72. The molecule has 2 N–H and O–H groups in total. The summed E-state index contributed by atoms with van der Waals surface area (Å²) in [5.41, 5.74) is 9.33. The lowest BCUT2D eigenvalue weighted by Gasteiger charge is -2.17. The van der Waals surface area contributed by atoms with Gasteiger partial charge in [-0.15, -0.1) is 10.2 Å². The van der Waals surface area contributed by atoms with E-state index in [0.717, 1.165) is 34.3 Å². The molecule has 0 saturated carbocycles. The van der Waals surface area contributed by atoms with Gasteiger partial charge in [-0.05, 0) is 30.7 Å². The molecular weight excluding hydrogens is 280 g/mol. The second kappa shape index (κ2) is 4.93. The van der Waals surface area contributed by atoms with Gasteiger partial charge in [-0.3, -0.25) is 4.40 Å². The van der Waals surface area contributed by atoms with E-state index in [1.54, 1.807) is 11.3 Å². The zero-order chi connectivity index (χ0) is 14.4. The van der Waals surface area contributed by atoms with E-state index in [-0.39, 0.29) is 0 Å². The lowest BCUT2D eigenvalue weighted by Crippen LogP contribution is -2.11. The smallest absolute Gasteiger partial charge is 0.216 e. The van der Waals surface area contributed by atoms with Crippen LogP contribution in [0.25, 0.3) is 16.3 Å². The molecular formula is C16H18N4S. The summed E-state index contributed by atoms with van der Waals surface area (Å²) in [6.45, 7) is 2.90. The van der Waals surface area contributed by atoms with Gasteiger partial charge < -0.3 is 5.73 Å². The molecule has 1 aliphatic rings. The second-order valence-electron chi connectivity index (χ2n) is 5.86. The van der Waals surface area contributed by atoms with E-state index in [2.05, 4.69) is 45.8 Å². The number of aromatic nitrogens is 3. The molecule has 0 saturated heterocycles. The molecule has 1 atom stereocenters. The number of nitrogens with zero attached hydrogens (tertiary/aromatic N) is 3. The van der Waals surface area contributed by atoms with E-state index in [1.807, 2.05) is 0 Å². The largest absolute Gasteiger partial charge is 0.326 e. The molecule has 0 radical (unpaired) electrons. The minimum atomic E-state index is 0.571. The summed E-state index contributed by atoms with van der Waals surface area (Å²) in [6, 6.07) is 8.32. The summed E-state index contributed by atoms with van der Waals surface area (Å²) in [6.07, 6.45) is 3.56. The van der Waals surface area contributed by atoms with Gasteiger partial charge in [0.25, 0.3) is 0 Å². The van der Waals surface area contributed by atoms with Crippen LogP contribution in [0.3, 0.4) is 0 Å². The van der Waals surface area contributed by atoms with Gasteiger partial charge in [0.05, 0.1) is 0 Å². The topological polar surface area (TPSA) is 56.2 Å². The first kappa shape index (κ1) is 13.0. The quantitative estimate of drug-likeness (QED) is 0.791. The minimum absolute atomic E-state index is 0.571. The van der Waals surface area contributed by atoms with Crippen LogP contribution in [-0.2, 0) is 19.4 Å². The summed E-state index contributed by atoms with van der Waals surface area (Å²) < 4.78 is 2.25. The van der Waals surface area contributed by atoms with Gasteiger partial charge in [0.2, 0.25) is 4.96 Å². The summed E-state index contributed by atoms with van der Waals surface area (Å²) >= 11 is 1.80. The predicted molar refractivity (Wildman–Crippen MR) is 85.4 cm³/mol. The number of rotatable bonds is 2. The number of nitrogens with two attached hydrogens (primary N) is 1. The molecule has 3 aromatic rings. The number of benzene rings is 1. The van der Waals surface area contributed by atoms with Crippen LogP contribution in [0.2, 0.25) is 0 Å². The molecule has 1 unspecified atom stereocenters. The van der Waals surface area contributed by atoms with E-state index in [1.165, 1.54) is 23.4 Å². The molecule has 2 aromatic heterocycles. The lowest BCUT2D eigenvalue weighted by atomic mass is 9.93. The first-order chi connectivity index (χ1) is 10.3. The van der Waals surface area contributed by atoms with Gasteiger partial charge in [0.1, 0.15) is 0 Å². The molecule has 0 fully saturated rings. The maximum Gasteiger partial charge on any atom is 0.216 e. The van der Waals surface area contributed by atoms with Crippen LogP contribution >= 0.6 is 11.3 Å². The Morgan fingerprint density at radius 1 is 1.29 bits per heavy atom. The maximum atomic E-state index is 5.67. The molecule has 4 nitrogen and oxygen atoms in total. The van der Waals surface area contributed by atoms with Crippen molar-refractivity contribution in [3.05, 3.63) is 40.4 Å². The highest BCUT2D eigenvalue weighted by molar-refractivity contribution is 7.17. The molecule has 21 heavy (non-hydrogen) atoms. The van der Waals surface area contributed by atoms with Crippen molar-refractivity contribution >= 4 is 16.3 Å². The molecule has 2 heterocycles. The predicted octanol–water partition coefficient (Wildman–Crippen LogP) is 3.04. The highest BCUT2D eigenvalue weighted by Crippen LogP contribution is 2.34. The van der Waals surface area contributed by atoms with Crippen molar-refractivity contribution in [3.63, 3.8) is 0 Å². The van der Waals surface area contributed by atoms with E-state index >= 15 is 0 Å². The Balaban J connectivity index is 1.85. The third-order valence-electron chi connectivity index (χ3n) is 4.30. The number of thiazole rings is 1. The van der Waals surface area contributed by atoms with Crippen LogP contribution in [0.15, 0.2) is 24.3 Å². The second-order valence-corrected chi connectivity index (χ2v) is 6.92. The Kier molecular flexibility index (Phi) is 3.05. The van der Waals surface area contributed by atoms with Crippen LogP contribution in [0.1, 0.15) is 29.5 Å². The van der Waals surface area contributed by atoms with E-state index in [9.17, 15) is 0 Å². The maximum absolute atomic E-state index is 5.67. The van der Waals surface area contributed by atoms with Crippen LogP contribution < -0.4 is 5.73 Å². The van der Waals surface area contributed by atoms with E-state index < -0.39 is 0 Å². The fraction of sp³-hybridized carbons (Fsp3) is 0.375. The Morgan fingerprint density at radius 2 is 2.10 bits per heavy atom. The summed E-state index contributed by atoms with van der Waals surface area (Å²) in [7, 11) is 0. The van der Waals surface area contributed by atoms with Gasteiger partial charge in [0, 0.05) is 22.7 Å². The normalized spacial score (nSPS) is 18.1. The van der Waals surface area contributed by atoms with Crippen molar-refractivity contribution in [2.45, 2.75) is 32.7 Å². The zero-order valence-corrected chi connectivity index (χ0v) is 12.9. The molecule has 5 heteroatoms. The molecule has 108 valence electrons. The number of hydrogen-bond donors (Lipinski definition) is 1.